The lowest BCUT2D eigenvalue weighted by atomic mass is 9.82. The third kappa shape index (κ3) is 3.03. The molecule has 3 heteroatoms. The molecule has 2 N–H and O–H groups in total. The zero-order valence-corrected chi connectivity index (χ0v) is 15.8. The standard InChI is InChI=1S/C23H25FN2/c1-14(2)20-11-16-6-5-15(9-21(16)25-20)13-23(3,4)22-12-17-10-18(24)7-8-19(17)26-22/h5-12,14,25-26H,13H2,1-4H3. The molecule has 26 heavy (non-hydrogen) atoms. The molecule has 0 fully saturated rings. The van der Waals surface area contributed by atoms with Gasteiger partial charge in [-0.1, -0.05) is 39.8 Å². The van der Waals surface area contributed by atoms with Gasteiger partial charge in [-0.3, -0.25) is 0 Å². The molecule has 0 saturated heterocycles. The van der Waals surface area contributed by atoms with Gasteiger partial charge in [0, 0.05) is 33.2 Å². The summed E-state index contributed by atoms with van der Waals surface area (Å²) in [7, 11) is 0. The fourth-order valence-electron chi connectivity index (χ4n) is 3.69. The number of aromatic nitrogens is 2. The first-order valence-electron chi connectivity index (χ1n) is 9.22. The third-order valence-electron chi connectivity index (χ3n) is 5.29. The molecule has 0 saturated carbocycles. The predicted molar refractivity (Wildman–Crippen MR) is 107 cm³/mol. The summed E-state index contributed by atoms with van der Waals surface area (Å²) in [5.41, 5.74) is 5.80. The normalized spacial score (nSPS) is 12.5. The summed E-state index contributed by atoms with van der Waals surface area (Å²) in [4.78, 5) is 7.00. The monoisotopic (exact) mass is 348 g/mol. The Balaban J connectivity index is 1.66. The van der Waals surface area contributed by atoms with Crippen molar-refractivity contribution in [3.05, 3.63) is 71.3 Å². The fraction of sp³-hybridized carbons (Fsp3) is 0.304. The number of aromatic amines is 2. The van der Waals surface area contributed by atoms with Crippen molar-refractivity contribution in [3.63, 3.8) is 0 Å². The molecular weight excluding hydrogens is 323 g/mol. The summed E-state index contributed by atoms with van der Waals surface area (Å²) in [6.45, 7) is 8.86. The van der Waals surface area contributed by atoms with E-state index >= 15 is 0 Å². The van der Waals surface area contributed by atoms with E-state index in [1.54, 1.807) is 6.07 Å². The van der Waals surface area contributed by atoms with E-state index in [-0.39, 0.29) is 11.2 Å². The molecule has 0 amide bonds. The van der Waals surface area contributed by atoms with Gasteiger partial charge in [0.1, 0.15) is 5.82 Å². The quantitative estimate of drug-likeness (QED) is 0.426. The second-order valence-corrected chi connectivity index (χ2v) is 8.28. The van der Waals surface area contributed by atoms with Crippen LogP contribution in [0, 0.1) is 5.82 Å². The smallest absolute Gasteiger partial charge is 0.123 e. The van der Waals surface area contributed by atoms with E-state index in [2.05, 4.69) is 68.0 Å². The van der Waals surface area contributed by atoms with Gasteiger partial charge in [-0.15, -0.1) is 0 Å². The van der Waals surface area contributed by atoms with E-state index in [0.29, 0.717) is 5.92 Å². The van der Waals surface area contributed by atoms with Crippen molar-refractivity contribution in [1.29, 1.82) is 0 Å². The van der Waals surface area contributed by atoms with Crippen LogP contribution in [0.15, 0.2) is 48.5 Å². The van der Waals surface area contributed by atoms with E-state index in [1.165, 1.54) is 28.2 Å². The molecule has 0 aliphatic carbocycles. The molecule has 0 unspecified atom stereocenters. The van der Waals surface area contributed by atoms with Crippen LogP contribution in [0.5, 0.6) is 0 Å². The highest BCUT2D eigenvalue weighted by molar-refractivity contribution is 5.82. The highest BCUT2D eigenvalue weighted by Crippen LogP contribution is 2.31. The SMILES string of the molecule is CC(C)c1cc2ccc(CC(C)(C)c3cc4cc(F)ccc4[nH]3)cc2[nH]1. The molecule has 0 bridgehead atoms. The van der Waals surface area contributed by atoms with Gasteiger partial charge in [0.15, 0.2) is 0 Å². The van der Waals surface area contributed by atoms with Gasteiger partial charge in [0.25, 0.3) is 0 Å². The van der Waals surface area contributed by atoms with E-state index < -0.39 is 0 Å². The second-order valence-electron chi connectivity index (χ2n) is 8.28. The minimum atomic E-state index is -0.195. The van der Waals surface area contributed by atoms with Crippen LogP contribution in [0.3, 0.4) is 0 Å². The molecule has 2 aromatic carbocycles. The van der Waals surface area contributed by atoms with Crippen LogP contribution in [0.4, 0.5) is 4.39 Å². The first kappa shape index (κ1) is 16.9. The summed E-state index contributed by atoms with van der Waals surface area (Å²) in [5.74, 6) is 0.299. The Hall–Kier alpha value is -2.55. The van der Waals surface area contributed by atoms with Crippen molar-refractivity contribution in [1.82, 2.24) is 9.97 Å². The minimum absolute atomic E-state index is 0.0728. The van der Waals surface area contributed by atoms with E-state index in [1.807, 2.05) is 6.07 Å². The zero-order chi connectivity index (χ0) is 18.5. The lowest BCUT2D eigenvalue weighted by Crippen LogP contribution is -2.20. The first-order chi connectivity index (χ1) is 12.3. The van der Waals surface area contributed by atoms with Gasteiger partial charge >= 0.3 is 0 Å². The second kappa shape index (κ2) is 6.01. The summed E-state index contributed by atoms with van der Waals surface area (Å²) in [5, 5.41) is 2.19. The number of H-pyrrole nitrogens is 2. The Morgan fingerprint density at radius 2 is 1.69 bits per heavy atom. The average molecular weight is 348 g/mol. The van der Waals surface area contributed by atoms with Crippen molar-refractivity contribution in [2.24, 2.45) is 0 Å². The first-order valence-corrected chi connectivity index (χ1v) is 9.22. The molecule has 134 valence electrons. The van der Waals surface area contributed by atoms with Crippen LogP contribution in [0.2, 0.25) is 0 Å². The highest BCUT2D eigenvalue weighted by Gasteiger charge is 2.23. The van der Waals surface area contributed by atoms with Crippen molar-refractivity contribution >= 4 is 21.8 Å². The van der Waals surface area contributed by atoms with Crippen molar-refractivity contribution in [2.45, 2.75) is 45.4 Å². The van der Waals surface area contributed by atoms with Crippen molar-refractivity contribution in [3.8, 4) is 0 Å². The van der Waals surface area contributed by atoms with Crippen molar-refractivity contribution < 1.29 is 4.39 Å². The maximum absolute atomic E-state index is 13.5. The zero-order valence-electron chi connectivity index (χ0n) is 15.8. The summed E-state index contributed by atoms with van der Waals surface area (Å²) in [6.07, 6.45) is 0.911. The minimum Gasteiger partial charge on any atom is -0.358 e. The van der Waals surface area contributed by atoms with Gasteiger partial charge < -0.3 is 9.97 Å². The highest BCUT2D eigenvalue weighted by atomic mass is 19.1. The van der Waals surface area contributed by atoms with Crippen LogP contribution in [-0.4, -0.2) is 9.97 Å². The van der Waals surface area contributed by atoms with E-state index in [0.717, 1.165) is 23.0 Å². The van der Waals surface area contributed by atoms with Gasteiger partial charge in [-0.25, -0.2) is 4.39 Å². The fourth-order valence-corrected chi connectivity index (χ4v) is 3.69. The Morgan fingerprint density at radius 1 is 0.885 bits per heavy atom. The van der Waals surface area contributed by atoms with Crippen LogP contribution in [0.1, 0.15) is 50.6 Å². The molecule has 0 spiro atoms. The molecule has 0 aliphatic heterocycles. The third-order valence-corrected chi connectivity index (χ3v) is 5.29. The summed E-state index contributed by atoms with van der Waals surface area (Å²) < 4.78 is 13.5. The number of fused-ring (bicyclic) bond motifs is 2. The number of benzene rings is 2. The van der Waals surface area contributed by atoms with E-state index in [9.17, 15) is 4.39 Å². The lowest BCUT2D eigenvalue weighted by Gasteiger charge is -2.23. The van der Waals surface area contributed by atoms with Crippen LogP contribution in [-0.2, 0) is 11.8 Å². The van der Waals surface area contributed by atoms with Gasteiger partial charge in [-0.2, -0.15) is 0 Å². The number of nitrogens with one attached hydrogen (secondary N) is 2. The number of hydrogen-bond acceptors (Lipinski definition) is 0. The van der Waals surface area contributed by atoms with E-state index in [4.69, 9.17) is 0 Å². The number of halogens is 1. The molecule has 2 heterocycles. The Morgan fingerprint density at radius 3 is 2.46 bits per heavy atom. The van der Waals surface area contributed by atoms with Crippen LogP contribution >= 0.6 is 0 Å². The molecule has 0 aliphatic rings. The van der Waals surface area contributed by atoms with Gasteiger partial charge in [-0.05, 0) is 59.7 Å². The van der Waals surface area contributed by atoms with Gasteiger partial charge in [0.05, 0.1) is 0 Å². The molecule has 0 atom stereocenters. The number of rotatable bonds is 4. The largest absolute Gasteiger partial charge is 0.358 e. The Kier molecular flexibility index (Phi) is 3.91. The molecule has 4 rings (SSSR count). The number of hydrogen-bond donors (Lipinski definition) is 2. The summed E-state index contributed by atoms with van der Waals surface area (Å²) in [6, 6.07) is 15.9. The van der Waals surface area contributed by atoms with Crippen molar-refractivity contribution in [2.75, 3.05) is 0 Å². The lowest BCUT2D eigenvalue weighted by molar-refractivity contribution is 0.510. The average Bonchev–Trinajstić information content (AvgIpc) is 3.17. The molecule has 0 radical (unpaired) electrons. The molecule has 2 nitrogen and oxygen atoms in total. The predicted octanol–water partition coefficient (Wildman–Crippen LogP) is 6.43. The molecular formula is C23H25FN2. The topological polar surface area (TPSA) is 31.6 Å². The summed E-state index contributed by atoms with van der Waals surface area (Å²) >= 11 is 0. The Labute approximate surface area is 153 Å². The molecule has 2 aromatic heterocycles. The Bertz CT molecular complexity index is 1080. The maximum Gasteiger partial charge on any atom is 0.123 e. The van der Waals surface area contributed by atoms with Crippen LogP contribution in [0.25, 0.3) is 21.8 Å². The maximum atomic E-state index is 13.5. The molecule has 4 aromatic rings. The van der Waals surface area contributed by atoms with Crippen LogP contribution < -0.4 is 0 Å². The van der Waals surface area contributed by atoms with Gasteiger partial charge in [0.2, 0.25) is 0 Å².